The molecule has 15 heavy (non-hydrogen) atoms. The summed E-state index contributed by atoms with van der Waals surface area (Å²) in [4.78, 5) is 4.15. The molecule has 78 valence electrons. The minimum atomic E-state index is 0.396. The Labute approximate surface area is 88.3 Å². The molecular formula is C11H13N3O. The molecule has 1 aromatic heterocycles. The molecule has 4 heteroatoms. The van der Waals surface area contributed by atoms with E-state index in [9.17, 15) is 0 Å². The van der Waals surface area contributed by atoms with Gasteiger partial charge in [0.2, 0.25) is 0 Å². The van der Waals surface area contributed by atoms with Gasteiger partial charge in [0.25, 0.3) is 0 Å². The Bertz CT molecular complexity index is 433. The van der Waals surface area contributed by atoms with Crippen LogP contribution in [0.5, 0.6) is 5.75 Å². The molecule has 1 heterocycles. The van der Waals surface area contributed by atoms with E-state index in [2.05, 4.69) is 15.2 Å². The first kappa shape index (κ1) is 9.71. The molecule has 0 unspecified atom stereocenters. The van der Waals surface area contributed by atoms with Crippen molar-refractivity contribution in [3.8, 4) is 5.75 Å². The summed E-state index contributed by atoms with van der Waals surface area (Å²) in [7, 11) is 0. The second kappa shape index (κ2) is 4.13. The average molecular weight is 203 g/mol. The highest BCUT2D eigenvalue weighted by Gasteiger charge is 2.00. The van der Waals surface area contributed by atoms with Crippen LogP contribution in [0.25, 0.3) is 0 Å². The third kappa shape index (κ3) is 2.56. The van der Waals surface area contributed by atoms with Crippen LogP contribution in [0.2, 0.25) is 0 Å². The maximum Gasteiger partial charge on any atom is 0.188 e. The Morgan fingerprint density at radius 3 is 2.53 bits per heavy atom. The predicted molar refractivity (Wildman–Crippen MR) is 56.6 cm³/mol. The highest BCUT2D eigenvalue weighted by Crippen LogP contribution is 2.12. The van der Waals surface area contributed by atoms with Crippen molar-refractivity contribution in [2.45, 2.75) is 20.5 Å². The number of nitrogens with zero attached hydrogens (tertiary/aromatic N) is 2. The van der Waals surface area contributed by atoms with Crippen LogP contribution >= 0.6 is 0 Å². The van der Waals surface area contributed by atoms with E-state index in [4.69, 9.17) is 4.74 Å². The number of benzene rings is 1. The average Bonchev–Trinajstić information content (AvgIpc) is 2.64. The lowest BCUT2D eigenvalue weighted by Gasteiger charge is -2.02. The van der Waals surface area contributed by atoms with Crippen molar-refractivity contribution in [2.24, 2.45) is 0 Å². The molecule has 0 atom stereocenters. The van der Waals surface area contributed by atoms with Crippen molar-refractivity contribution in [1.29, 1.82) is 0 Å². The molecule has 0 spiro atoms. The van der Waals surface area contributed by atoms with Crippen LogP contribution in [0.15, 0.2) is 24.3 Å². The molecule has 0 aliphatic carbocycles. The number of H-pyrrole nitrogens is 1. The first-order valence-electron chi connectivity index (χ1n) is 4.81. The van der Waals surface area contributed by atoms with Crippen molar-refractivity contribution in [3.63, 3.8) is 0 Å². The topological polar surface area (TPSA) is 50.8 Å². The zero-order valence-corrected chi connectivity index (χ0v) is 8.82. The Morgan fingerprint density at radius 1 is 1.20 bits per heavy atom. The lowest BCUT2D eigenvalue weighted by atomic mass is 10.2. The Morgan fingerprint density at radius 2 is 1.93 bits per heavy atom. The third-order valence-corrected chi connectivity index (χ3v) is 2.03. The van der Waals surface area contributed by atoms with Crippen LogP contribution in [-0.2, 0) is 6.61 Å². The minimum Gasteiger partial charge on any atom is -0.486 e. The molecule has 2 rings (SSSR count). The van der Waals surface area contributed by atoms with Crippen molar-refractivity contribution in [2.75, 3.05) is 0 Å². The number of hydrogen-bond donors (Lipinski definition) is 1. The standard InChI is InChI=1S/C11H13N3O/c1-8-3-5-10(6-4-8)15-7-11-12-9(2)13-14-11/h3-6H,7H2,1-2H3,(H,12,13,14). The second-order valence-electron chi connectivity index (χ2n) is 3.44. The van der Waals surface area contributed by atoms with Gasteiger partial charge < -0.3 is 4.74 Å². The van der Waals surface area contributed by atoms with Gasteiger partial charge >= 0.3 is 0 Å². The minimum absolute atomic E-state index is 0.396. The van der Waals surface area contributed by atoms with E-state index >= 15 is 0 Å². The monoisotopic (exact) mass is 203 g/mol. The zero-order chi connectivity index (χ0) is 10.7. The van der Waals surface area contributed by atoms with E-state index in [1.54, 1.807) is 0 Å². The van der Waals surface area contributed by atoms with Crippen molar-refractivity contribution >= 4 is 0 Å². The van der Waals surface area contributed by atoms with Gasteiger partial charge in [0, 0.05) is 0 Å². The van der Waals surface area contributed by atoms with Crippen molar-refractivity contribution < 1.29 is 4.74 Å². The number of aryl methyl sites for hydroxylation is 2. The van der Waals surface area contributed by atoms with Gasteiger partial charge in [0.1, 0.15) is 18.2 Å². The number of ether oxygens (including phenoxy) is 1. The van der Waals surface area contributed by atoms with Crippen LogP contribution in [-0.4, -0.2) is 15.2 Å². The fourth-order valence-electron chi connectivity index (χ4n) is 1.24. The Hall–Kier alpha value is -1.84. The second-order valence-corrected chi connectivity index (χ2v) is 3.44. The molecule has 0 radical (unpaired) electrons. The summed E-state index contributed by atoms with van der Waals surface area (Å²) in [5.41, 5.74) is 1.22. The molecule has 4 nitrogen and oxygen atoms in total. The largest absolute Gasteiger partial charge is 0.486 e. The number of aromatic amines is 1. The van der Waals surface area contributed by atoms with Crippen LogP contribution < -0.4 is 4.74 Å². The number of hydrogen-bond acceptors (Lipinski definition) is 3. The van der Waals surface area contributed by atoms with Gasteiger partial charge in [0.05, 0.1) is 0 Å². The molecule has 0 aliphatic heterocycles. The van der Waals surface area contributed by atoms with Gasteiger partial charge in [-0.05, 0) is 26.0 Å². The van der Waals surface area contributed by atoms with E-state index in [-0.39, 0.29) is 0 Å². The summed E-state index contributed by atoms with van der Waals surface area (Å²) in [6.45, 7) is 4.30. The van der Waals surface area contributed by atoms with Crippen LogP contribution in [0.1, 0.15) is 17.2 Å². The van der Waals surface area contributed by atoms with Crippen LogP contribution in [0.4, 0.5) is 0 Å². The summed E-state index contributed by atoms with van der Waals surface area (Å²) in [6.07, 6.45) is 0. The Balaban J connectivity index is 1.96. The number of aromatic nitrogens is 3. The smallest absolute Gasteiger partial charge is 0.188 e. The van der Waals surface area contributed by atoms with Crippen molar-refractivity contribution in [3.05, 3.63) is 41.5 Å². The molecule has 0 bridgehead atoms. The van der Waals surface area contributed by atoms with Gasteiger partial charge in [0.15, 0.2) is 5.82 Å². The highest BCUT2D eigenvalue weighted by atomic mass is 16.5. The zero-order valence-electron chi connectivity index (χ0n) is 8.82. The lowest BCUT2D eigenvalue weighted by molar-refractivity contribution is 0.296. The molecule has 0 saturated carbocycles. The summed E-state index contributed by atoms with van der Waals surface area (Å²) < 4.78 is 5.52. The molecule has 1 aromatic carbocycles. The van der Waals surface area contributed by atoms with Gasteiger partial charge in [-0.25, -0.2) is 4.98 Å². The molecule has 2 aromatic rings. The maximum atomic E-state index is 5.52. The van der Waals surface area contributed by atoms with E-state index in [0.29, 0.717) is 12.4 Å². The summed E-state index contributed by atoms with van der Waals surface area (Å²) >= 11 is 0. The number of rotatable bonds is 3. The molecule has 0 aliphatic rings. The highest BCUT2D eigenvalue weighted by molar-refractivity contribution is 5.26. The quantitative estimate of drug-likeness (QED) is 0.830. The molecule has 1 N–H and O–H groups in total. The fraction of sp³-hybridized carbons (Fsp3) is 0.273. The normalized spacial score (nSPS) is 10.3. The summed E-state index contributed by atoms with van der Waals surface area (Å²) in [6, 6.07) is 7.90. The van der Waals surface area contributed by atoms with Crippen molar-refractivity contribution in [1.82, 2.24) is 15.2 Å². The lowest BCUT2D eigenvalue weighted by Crippen LogP contribution is -1.97. The predicted octanol–water partition coefficient (Wildman–Crippen LogP) is 2.00. The molecule has 0 fully saturated rings. The molecular weight excluding hydrogens is 190 g/mol. The van der Waals surface area contributed by atoms with Crippen LogP contribution in [0.3, 0.4) is 0 Å². The molecule has 0 saturated heterocycles. The van der Waals surface area contributed by atoms with Crippen LogP contribution in [0, 0.1) is 13.8 Å². The first-order chi connectivity index (χ1) is 7.24. The SMILES string of the molecule is Cc1ccc(OCc2n[nH]c(C)n2)cc1. The van der Waals surface area contributed by atoms with E-state index in [0.717, 1.165) is 11.6 Å². The van der Waals surface area contributed by atoms with E-state index in [1.807, 2.05) is 38.1 Å². The maximum absolute atomic E-state index is 5.52. The fourth-order valence-corrected chi connectivity index (χ4v) is 1.24. The van der Waals surface area contributed by atoms with Gasteiger partial charge in [-0.1, -0.05) is 17.7 Å². The first-order valence-corrected chi connectivity index (χ1v) is 4.81. The van der Waals surface area contributed by atoms with Gasteiger partial charge in [-0.15, -0.1) is 0 Å². The van der Waals surface area contributed by atoms with E-state index in [1.165, 1.54) is 5.56 Å². The summed E-state index contributed by atoms with van der Waals surface area (Å²) in [5, 5.41) is 6.76. The number of nitrogens with one attached hydrogen (secondary N) is 1. The van der Waals surface area contributed by atoms with Gasteiger partial charge in [-0.2, -0.15) is 5.10 Å². The van der Waals surface area contributed by atoms with Gasteiger partial charge in [-0.3, -0.25) is 5.10 Å². The summed E-state index contributed by atoms with van der Waals surface area (Å²) in [5.74, 6) is 2.31. The Kier molecular flexibility index (Phi) is 2.67. The van der Waals surface area contributed by atoms with E-state index < -0.39 is 0 Å². The third-order valence-electron chi connectivity index (χ3n) is 2.03. The molecule has 0 amide bonds.